The number of amides is 1. The molecule has 2 fully saturated rings. The first-order valence-corrected chi connectivity index (χ1v) is 8.62. The first-order chi connectivity index (χ1) is 11.6. The second kappa shape index (κ2) is 6.04. The quantitative estimate of drug-likeness (QED) is 0.921. The lowest BCUT2D eigenvalue weighted by atomic mass is 9.76. The Hall–Kier alpha value is -2.17. The van der Waals surface area contributed by atoms with Gasteiger partial charge in [0.25, 0.3) is 0 Å². The van der Waals surface area contributed by atoms with Crippen LogP contribution in [0.15, 0.2) is 30.5 Å². The Morgan fingerprint density at radius 3 is 2.75 bits per heavy atom. The molecule has 2 unspecified atom stereocenters. The number of aromatic nitrogens is 1. The SMILES string of the molecule is NC(=O)OC1CC1C1CCC(c2ccnc3ccc(F)cc23)CC1. The van der Waals surface area contributed by atoms with E-state index < -0.39 is 6.09 Å². The Morgan fingerprint density at radius 1 is 1.21 bits per heavy atom. The van der Waals surface area contributed by atoms with Crippen molar-refractivity contribution in [2.75, 3.05) is 0 Å². The summed E-state index contributed by atoms with van der Waals surface area (Å²) in [5.74, 6) is 1.32. The Morgan fingerprint density at radius 2 is 2.00 bits per heavy atom. The number of nitrogens with two attached hydrogens (primary N) is 1. The smallest absolute Gasteiger partial charge is 0.404 e. The molecule has 2 aromatic rings. The number of fused-ring (bicyclic) bond motifs is 1. The van der Waals surface area contributed by atoms with Crippen molar-refractivity contribution < 1.29 is 13.9 Å². The average molecular weight is 328 g/mol. The molecule has 5 heteroatoms. The minimum absolute atomic E-state index is 0.0277. The fourth-order valence-corrected chi connectivity index (χ4v) is 4.32. The molecule has 0 aliphatic heterocycles. The molecule has 0 saturated heterocycles. The molecule has 1 aromatic heterocycles. The van der Waals surface area contributed by atoms with Gasteiger partial charge in [-0.1, -0.05) is 0 Å². The summed E-state index contributed by atoms with van der Waals surface area (Å²) >= 11 is 0. The van der Waals surface area contributed by atoms with E-state index in [2.05, 4.69) is 4.98 Å². The summed E-state index contributed by atoms with van der Waals surface area (Å²) in [7, 11) is 0. The van der Waals surface area contributed by atoms with Crippen LogP contribution in [-0.4, -0.2) is 17.2 Å². The highest BCUT2D eigenvalue weighted by atomic mass is 19.1. The Balaban J connectivity index is 1.45. The van der Waals surface area contributed by atoms with Crippen LogP contribution in [0.2, 0.25) is 0 Å². The molecule has 2 atom stereocenters. The van der Waals surface area contributed by atoms with Gasteiger partial charge in [-0.3, -0.25) is 4.98 Å². The molecule has 0 radical (unpaired) electrons. The van der Waals surface area contributed by atoms with Crippen molar-refractivity contribution in [1.29, 1.82) is 0 Å². The standard InChI is InChI=1S/C19H21FN2O2/c20-13-5-6-17-16(9-13)14(7-8-22-17)11-1-3-12(4-2-11)15-10-18(15)24-19(21)23/h5-9,11-12,15,18H,1-4,10H2,(H2,21,23). The van der Waals surface area contributed by atoms with Crippen LogP contribution in [0.4, 0.5) is 9.18 Å². The monoisotopic (exact) mass is 328 g/mol. The number of carbonyl (C=O) groups excluding carboxylic acids is 1. The van der Waals surface area contributed by atoms with Crippen molar-refractivity contribution >= 4 is 17.0 Å². The van der Waals surface area contributed by atoms with Crippen molar-refractivity contribution in [2.24, 2.45) is 17.6 Å². The molecule has 4 rings (SSSR count). The van der Waals surface area contributed by atoms with Crippen LogP contribution in [0, 0.1) is 17.7 Å². The predicted octanol–water partition coefficient (Wildman–Crippen LogP) is 4.13. The second-order valence-corrected chi connectivity index (χ2v) is 7.05. The molecule has 0 spiro atoms. The van der Waals surface area contributed by atoms with E-state index in [-0.39, 0.29) is 11.9 Å². The third-order valence-corrected chi connectivity index (χ3v) is 5.60. The summed E-state index contributed by atoms with van der Waals surface area (Å²) in [5, 5.41) is 0.933. The fourth-order valence-electron chi connectivity index (χ4n) is 4.32. The molecule has 24 heavy (non-hydrogen) atoms. The van der Waals surface area contributed by atoms with Crippen LogP contribution >= 0.6 is 0 Å². The maximum absolute atomic E-state index is 13.6. The number of primary amides is 1. The molecule has 2 N–H and O–H groups in total. The number of halogens is 1. The molecule has 1 amide bonds. The Kier molecular flexibility index (Phi) is 3.87. The lowest BCUT2D eigenvalue weighted by molar-refractivity contribution is 0.134. The van der Waals surface area contributed by atoms with Gasteiger partial charge in [0.2, 0.25) is 0 Å². The number of pyridine rings is 1. The summed E-state index contributed by atoms with van der Waals surface area (Å²) < 4.78 is 18.7. The maximum atomic E-state index is 13.6. The zero-order valence-corrected chi connectivity index (χ0v) is 13.5. The van der Waals surface area contributed by atoms with Gasteiger partial charge in [-0.15, -0.1) is 0 Å². The molecule has 1 heterocycles. The molecule has 126 valence electrons. The van der Waals surface area contributed by atoms with Gasteiger partial charge in [0.05, 0.1) is 5.52 Å². The number of hydrogen-bond acceptors (Lipinski definition) is 3. The van der Waals surface area contributed by atoms with Crippen molar-refractivity contribution in [3.63, 3.8) is 0 Å². The molecule has 2 aliphatic rings. The third kappa shape index (κ3) is 2.95. The molecule has 0 bridgehead atoms. The van der Waals surface area contributed by atoms with E-state index in [1.54, 1.807) is 12.1 Å². The van der Waals surface area contributed by atoms with E-state index in [1.807, 2.05) is 12.3 Å². The van der Waals surface area contributed by atoms with E-state index in [1.165, 1.54) is 11.6 Å². The van der Waals surface area contributed by atoms with E-state index in [0.29, 0.717) is 17.8 Å². The molecular weight excluding hydrogens is 307 g/mol. The van der Waals surface area contributed by atoms with E-state index in [9.17, 15) is 9.18 Å². The van der Waals surface area contributed by atoms with Gasteiger partial charge in [0.15, 0.2) is 0 Å². The summed E-state index contributed by atoms with van der Waals surface area (Å²) in [4.78, 5) is 15.2. The molecule has 1 aromatic carbocycles. The van der Waals surface area contributed by atoms with Crippen LogP contribution in [0.5, 0.6) is 0 Å². The number of carbonyl (C=O) groups is 1. The second-order valence-electron chi connectivity index (χ2n) is 7.05. The summed E-state index contributed by atoms with van der Waals surface area (Å²) in [6.45, 7) is 0. The largest absolute Gasteiger partial charge is 0.446 e. The lowest BCUT2D eigenvalue weighted by Crippen LogP contribution is -2.20. The van der Waals surface area contributed by atoms with Crippen LogP contribution in [0.1, 0.15) is 43.6 Å². The van der Waals surface area contributed by atoms with E-state index in [4.69, 9.17) is 10.5 Å². The van der Waals surface area contributed by atoms with Gasteiger partial charge in [0.1, 0.15) is 11.9 Å². The predicted molar refractivity (Wildman–Crippen MR) is 89.0 cm³/mol. The maximum Gasteiger partial charge on any atom is 0.404 e. The van der Waals surface area contributed by atoms with Crippen molar-refractivity contribution in [3.8, 4) is 0 Å². The van der Waals surface area contributed by atoms with Crippen molar-refractivity contribution in [1.82, 2.24) is 4.98 Å². The molecular formula is C19H21FN2O2. The minimum atomic E-state index is -0.665. The fraction of sp³-hybridized carbons (Fsp3) is 0.474. The molecule has 4 nitrogen and oxygen atoms in total. The van der Waals surface area contributed by atoms with Gasteiger partial charge in [0, 0.05) is 17.5 Å². The highest BCUT2D eigenvalue weighted by Gasteiger charge is 2.46. The first kappa shape index (κ1) is 15.4. The molecule has 2 aliphatic carbocycles. The number of nitrogens with zero attached hydrogens (tertiary/aromatic N) is 1. The van der Waals surface area contributed by atoms with Crippen LogP contribution in [0.3, 0.4) is 0 Å². The number of hydrogen-bond donors (Lipinski definition) is 1. The number of benzene rings is 1. The average Bonchev–Trinajstić information content (AvgIpc) is 3.33. The van der Waals surface area contributed by atoms with E-state index >= 15 is 0 Å². The Bertz CT molecular complexity index is 771. The summed E-state index contributed by atoms with van der Waals surface area (Å²) in [6, 6.07) is 6.84. The van der Waals surface area contributed by atoms with Crippen molar-refractivity contribution in [3.05, 3.63) is 41.8 Å². The summed E-state index contributed by atoms with van der Waals surface area (Å²) in [5.41, 5.74) is 7.15. The Labute approximate surface area is 140 Å². The third-order valence-electron chi connectivity index (χ3n) is 5.60. The summed E-state index contributed by atoms with van der Waals surface area (Å²) in [6.07, 6.45) is 6.53. The highest BCUT2D eigenvalue weighted by Crippen LogP contribution is 2.49. The normalized spacial score (nSPS) is 29.4. The highest BCUT2D eigenvalue weighted by molar-refractivity contribution is 5.82. The lowest BCUT2D eigenvalue weighted by Gasteiger charge is -2.29. The number of rotatable bonds is 3. The zero-order chi connectivity index (χ0) is 16.7. The van der Waals surface area contributed by atoms with Gasteiger partial charge < -0.3 is 10.5 Å². The minimum Gasteiger partial charge on any atom is -0.446 e. The topological polar surface area (TPSA) is 65.2 Å². The number of ether oxygens (including phenoxy) is 1. The van der Waals surface area contributed by atoms with Crippen LogP contribution < -0.4 is 5.73 Å². The molecule has 2 saturated carbocycles. The van der Waals surface area contributed by atoms with Gasteiger partial charge in [-0.25, -0.2) is 9.18 Å². The van der Waals surface area contributed by atoms with Crippen LogP contribution in [0.25, 0.3) is 10.9 Å². The zero-order valence-electron chi connectivity index (χ0n) is 13.5. The van der Waals surface area contributed by atoms with E-state index in [0.717, 1.165) is 43.0 Å². The van der Waals surface area contributed by atoms with Gasteiger partial charge in [-0.05, 0) is 73.8 Å². The van der Waals surface area contributed by atoms with Gasteiger partial charge in [-0.2, -0.15) is 0 Å². The van der Waals surface area contributed by atoms with Crippen molar-refractivity contribution in [2.45, 2.75) is 44.1 Å². The first-order valence-electron chi connectivity index (χ1n) is 8.62. The van der Waals surface area contributed by atoms with Gasteiger partial charge >= 0.3 is 6.09 Å². The van der Waals surface area contributed by atoms with Crippen LogP contribution in [-0.2, 0) is 4.74 Å².